The summed E-state index contributed by atoms with van der Waals surface area (Å²) in [6.45, 7) is 3.95. The van der Waals surface area contributed by atoms with Gasteiger partial charge in [0.05, 0.1) is 12.4 Å². The highest BCUT2D eigenvalue weighted by atomic mass is 32.2. The first-order valence-corrected chi connectivity index (χ1v) is 9.24. The van der Waals surface area contributed by atoms with Crippen LogP contribution in [0.5, 0.6) is 0 Å². The molecule has 136 valence electrons. The number of anilines is 1. The van der Waals surface area contributed by atoms with Crippen molar-refractivity contribution in [3.8, 4) is 0 Å². The van der Waals surface area contributed by atoms with Crippen molar-refractivity contribution in [1.29, 1.82) is 0 Å². The molecule has 0 heterocycles. The molecule has 0 aliphatic carbocycles. The second kappa shape index (κ2) is 9.77. The molecular weight excluding hydrogens is 350 g/mol. The van der Waals surface area contributed by atoms with Crippen LogP contribution < -0.4 is 5.32 Å². The third kappa shape index (κ3) is 6.37. The summed E-state index contributed by atoms with van der Waals surface area (Å²) in [4.78, 5) is 36.0. The van der Waals surface area contributed by atoms with Crippen LogP contribution in [-0.2, 0) is 14.3 Å². The van der Waals surface area contributed by atoms with Gasteiger partial charge in [-0.25, -0.2) is 0 Å². The Balaban J connectivity index is 1.84. The van der Waals surface area contributed by atoms with E-state index in [4.69, 9.17) is 4.74 Å². The molecule has 0 aliphatic rings. The normalized spacial score (nSPS) is 10.2. The molecule has 0 bridgehead atoms. The number of benzene rings is 2. The highest BCUT2D eigenvalue weighted by Crippen LogP contribution is 2.21. The van der Waals surface area contributed by atoms with E-state index in [1.54, 1.807) is 31.2 Å². The van der Waals surface area contributed by atoms with Gasteiger partial charge in [0, 0.05) is 16.1 Å². The van der Waals surface area contributed by atoms with Gasteiger partial charge < -0.3 is 10.1 Å². The quantitative estimate of drug-likeness (QED) is 0.433. The highest BCUT2D eigenvalue weighted by molar-refractivity contribution is 8.00. The number of hydrogen-bond acceptors (Lipinski definition) is 5. The van der Waals surface area contributed by atoms with Gasteiger partial charge in [-0.1, -0.05) is 17.7 Å². The Morgan fingerprint density at radius 3 is 2.27 bits per heavy atom. The Labute approximate surface area is 157 Å². The molecule has 0 saturated heterocycles. The third-order valence-electron chi connectivity index (χ3n) is 3.47. The minimum atomic E-state index is -0.493. The molecule has 1 amide bonds. The number of hydrogen-bond donors (Lipinski definition) is 1. The molecule has 1 N–H and O–H groups in total. The van der Waals surface area contributed by atoms with Crippen molar-refractivity contribution in [1.82, 2.24) is 0 Å². The molecule has 2 aromatic rings. The lowest BCUT2D eigenvalue weighted by Crippen LogP contribution is -2.12. The van der Waals surface area contributed by atoms with Crippen LogP contribution in [0.4, 0.5) is 5.69 Å². The van der Waals surface area contributed by atoms with E-state index < -0.39 is 5.97 Å². The summed E-state index contributed by atoms with van der Waals surface area (Å²) in [5.41, 5.74) is 2.37. The van der Waals surface area contributed by atoms with Crippen molar-refractivity contribution in [3.63, 3.8) is 0 Å². The van der Waals surface area contributed by atoms with E-state index in [1.807, 2.05) is 31.2 Å². The van der Waals surface area contributed by atoms with Crippen molar-refractivity contribution in [2.75, 3.05) is 17.7 Å². The van der Waals surface area contributed by atoms with Crippen molar-refractivity contribution >= 4 is 35.1 Å². The van der Waals surface area contributed by atoms with E-state index in [-0.39, 0.29) is 30.5 Å². The molecular formula is C20H21NO4S. The lowest BCUT2D eigenvalue weighted by atomic mass is 10.1. The second-order valence-electron chi connectivity index (χ2n) is 5.65. The van der Waals surface area contributed by atoms with Crippen molar-refractivity contribution < 1.29 is 19.1 Å². The lowest BCUT2D eigenvalue weighted by molar-refractivity contribution is -0.145. The van der Waals surface area contributed by atoms with Gasteiger partial charge in [-0.15, -0.1) is 11.8 Å². The van der Waals surface area contributed by atoms with E-state index in [0.29, 0.717) is 11.3 Å². The number of Topliss-reactive ketones (excluding diaryl/α,β-unsaturated/α-hetero) is 1. The molecule has 0 unspecified atom stereocenters. The monoisotopic (exact) mass is 371 g/mol. The molecule has 0 aliphatic heterocycles. The number of rotatable bonds is 8. The second-order valence-corrected chi connectivity index (χ2v) is 6.70. The van der Waals surface area contributed by atoms with Gasteiger partial charge in [0.1, 0.15) is 6.42 Å². The van der Waals surface area contributed by atoms with Crippen LogP contribution in [0, 0.1) is 6.92 Å². The maximum atomic E-state index is 12.2. The van der Waals surface area contributed by atoms with Crippen LogP contribution in [0.25, 0.3) is 0 Å². The Morgan fingerprint density at radius 2 is 1.65 bits per heavy atom. The summed E-state index contributed by atoms with van der Waals surface area (Å²) in [6, 6.07) is 14.6. The maximum Gasteiger partial charge on any atom is 0.313 e. The number of ether oxygens (including phenoxy) is 1. The zero-order chi connectivity index (χ0) is 18.9. The fourth-order valence-corrected chi connectivity index (χ4v) is 2.89. The predicted molar refractivity (Wildman–Crippen MR) is 103 cm³/mol. The number of nitrogens with one attached hydrogen (secondary N) is 1. The topological polar surface area (TPSA) is 72.5 Å². The first kappa shape index (κ1) is 19.7. The molecule has 2 aromatic carbocycles. The van der Waals surface area contributed by atoms with Crippen LogP contribution in [0.15, 0.2) is 53.4 Å². The van der Waals surface area contributed by atoms with Gasteiger partial charge in [-0.05, 0) is 50.2 Å². The molecule has 0 spiro atoms. The van der Waals surface area contributed by atoms with Crippen LogP contribution >= 0.6 is 11.8 Å². The number of carbonyl (C=O) groups excluding carboxylic acids is 3. The van der Waals surface area contributed by atoms with Crippen molar-refractivity contribution in [3.05, 3.63) is 59.7 Å². The molecule has 5 nitrogen and oxygen atoms in total. The Morgan fingerprint density at radius 1 is 1.00 bits per heavy atom. The number of thioether (sulfide) groups is 1. The first-order valence-electron chi connectivity index (χ1n) is 8.26. The third-order valence-corrected chi connectivity index (χ3v) is 4.54. The molecule has 0 saturated carbocycles. The number of ketones is 1. The average Bonchev–Trinajstić information content (AvgIpc) is 2.62. The molecule has 0 fully saturated rings. The summed E-state index contributed by atoms with van der Waals surface area (Å²) in [5.74, 6) is -0.638. The number of amides is 1. The lowest BCUT2D eigenvalue weighted by Gasteiger charge is -2.07. The van der Waals surface area contributed by atoms with Crippen molar-refractivity contribution in [2.45, 2.75) is 25.2 Å². The highest BCUT2D eigenvalue weighted by Gasteiger charge is 2.11. The fraction of sp³-hybridized carbons (Fsp3) is 0.250. The zero-order valence-electron chi connectivity index (χ0n) is 14.8. The largest absolute Gasteiger partial charge is 0.466 e. The molecule has 0 atom stereocenters. The predicted octanol–water partition coefficient (Wildman–Crippen LogP) is 3.86. The van der Waals surface area contributed by atoms with Gasteiger partial charge in [0.15, 0.2) is 5.78 Å². The minimum absolute atomic E-state index is 0.171. The summed E-state index contributed by atoms with van der Waals surface area (Å²) in [7, 11) is 0. The molecule has 0 aromatic heterocycles. The molecule has 26 heavy (non-hydrogen) atoms. The van der Waals surface area contributed by atoms with Crippen LogP contribution in [0.2, 0.25) is 0 Å². The summed E-state index contributed by atoms with van der Waals surface area (Å²) in [6.07, 6.45) is -0.203. The zero-order valence-corrected chi connectivity index (χ0v) is 15.6. The molecule has 0 radical (unpaired) electrons. The number of aryl methyl sites for hydroxylation is 1. The van der Waals surface area contributed by atoms with Gasteiger partial charge in [-0.3, -0.25) is 14.4 Å². The maximum absolute atomic E-state index is 12.2. The summed E-state index contributed by atoms with van der Waals surface area (Å²) >= 11 is 1.34. The van der Waals surface area contributed by atoms with Gasteiger partial charge in [-0.2, -0.15) is 0 Å². The number of carbonyl (C=O) groups is 3. The van der Waals surface area contributed by atoms with E-state index in [1.165, 1.54) is 11.8 Å². The van der Waals surface area contributed by atoms with Gasteiger partial charge >= 0.3 is 5.97 Å². The van der Waals surface area contributed by atoms with Crippen LogP contribution in [0.1, 0.15) is 29.3 Å². The average molecular weight is 371 g/mol. The standard InChI is InChI=1S/C20H21NO4S/c1-3-25-19(23)12-17(22)13-26-18-10-8-16(9-11-18)21-20(24)15-6-4-14(2)5-7-15/h4-11H,3,12-13H2,1-2H3,(H,21,24). The smallest absolute Gasteiger partial charge is 0.313 e. The van der Waals surface area contributed by atoms with Gasteiger partial charge in [0.25, 0.3) is 5.91 Å². The first-order chi connectivity index (χ1) is 12.5. The van der Waals surface area contributed by atoms with E-state index in [0.717, 1.165) is 10.5 Å². The Kier molecular flexibility index (Phi) is 7.41. The van der Waals surface area contributed by atoms with Crippen LogP contribution in [-0.4, -0.2) is 30.0 Å². The summed E-state index contributed by atoms with van der Waals surface area (Å²) < 4.78 is 4.75. The Hall–Kier alpha value is -2.60. The SMILES string of the molecule is CCOC(=O)CC(=O)CSc1ccc(NC(=O)c2ccc(C)cc2)cc1. The van der Waals surface area contributed by atoms with E-state index in [9.17, 15) is 14.4 Å². The summed E-state index contributed by atoms with van der Waals surface area (Å²) in [5, 5.41) is 2.83. The molecule has 2 rings (SSSR count). The van der Waals surface area contributed by atoms with E-state index in [2.05, 4.69) is 5.32 Å². The number of esters is 1. The van der Waals surface area contributed by atoms with Gasteiger partial charge in [0.2, 0.25) is 0 Å². The molecule has 6 heteroatoms. The van der Waals surface area contributed by atoms with Crippen LogP contribution in [0.3, 0.4) is 0 Å². The Bertz CT molecular complexity index is 769. The fourth-order valence-electron chi connectivity index (χ4n) is 2.13. The van der Waals surface area contributed by atoms with Crippen molar-refractivity contribution in [2.24, 2.45) is 0 Å². The minimum Gasteiger partial charge on any atom is -0.466 e. The van der Waals surface area contributed by atoms with E-state index >= 15 is 0 Å².